The summed E-state index contributed by atoms with van der Waals surface area (Å²) in [5.41, 5.74) is 2.33. The molecule has 0 aliphatic heterocycles. The molecule has 0 saturated heterocycles. The first-order valence-electron chi connectivity index (χ1n) is 6.21. The minimum absolute atomic E-state index is 0.00231. The van der Waals surface area contributed by atoms with Gasteiger partial charge in [-0.25, -0.2) is 18.9 Å². The Morgan fingerprint density at radius 2 is 2.05 bits per heavy atom. The van der Waals surface area contributed by atoms with Crippen molar-refractivity contribution in [3.05, 3.63) is 18.5 Å². The highest BCUT2D eigenvalue weighted by Crippen LogP contribution is 2.07. The SMILES string of the molecule is CCS(=O)(=O)CCNc1nc(NN)nc(-n2cccn2)n1. The lowest BCUT2D eigenvalue weighted by Crippen LogP contribution is -2.20. The third kappa shape index (κ3) is 4.10. The molecule has 0 aliphatic carbocycles. The highest BCUT2D eigenvalue weighted by molar-refractivity contribution is 7.91. The van der Waals surface area contributed by atoms with E-state index >= 15 is 0 Å². The van der Waals surface area contributed by atoms with Gasteiger partial charge in [-0.15, -0.1) is 0 Å². The largest absolute Gasteiger partial charge is 0.353 e. The van der Waals surface area contributed by atoms with Crippen LogP contribution in [0.5, 0.6) is 0 Å². The van der Waals surface area contributed by atoms with E-state index in [9.17, 15) is 8.42 Å². The Labute approximate surface area is 121 Å². The Kier molecular flexibility index (Phi) is 4.65. The second kappa shape index (κ2) is 6.45. The number of nitrogens with zero attached hydrogens (tertiary/aromatic N) is 5. The molecule has 0 radical (unpaired) electrons. The molecule has 2 aromatic rings. The summed E-state index contributed by atoms with van der Waals surface area (Å²) in [5.74, 6) is 6.03. The van der Waals surface area contributed by atoms with Crippen molar-refractivity contribution in [1.82, 2.24) is 24.7 Å². The Morgan fingerprint density at radius 1 is 1.29 bits per heavy atom. The van der Waals surface area contributed by atoms with Crippen LogP contribution in [0.1, 0.15) is 6.92 Å². The average molecular weight is 312 g/mol. The van der Waals surface area contributed by atoms with Crippen LogP contribution in [0.2, 0.25) is 0 Å². The number of nitrogens with two attached hydrogens (primary N) is 1. The molecular weight excluding hydrogens is 296 g/mol. The minimum Gasteiger partial charge on any atom is -0.353 e. The van der Waals surface area contributed by atoms with E-state index in [2.05, 4.69) is 30.8 Å². The predicted molar refractivity (Wildman–Crippen MR) is 77.6 cm³/mol. The number of nitrogens with one attached hydrogen (secondary N) is 2. The molecule has 0 spiro atoms. The number of hydrogen-bond acceptors (Lipinski definition) is 9. The molecule has 0 saturated carbocycles. The van der Waals surface area contributed by atoms with E-state index in [-0.39, 0.29) is 35.9 Å². The number of hydrazine groups is 1. The quantitative estimate of drug-likeness (QED) is 0.442. The second-order valence-electron chi connectivity index (χ2n) is 4.04. The van der Waals surface area contributed by atoms with E-state index < -0.39 is 9.84 Å². The molecule has 0 aromatic carbocycles. The fraction of sp³-hybridized carbons (Fsp3) is 0.400. The normalized spacial score (nSPS) is 11.3. The van der Waals surface area contributed by atoms with Crippen LogP contribution in [0.4, 0.5) is 11.9 Å². The van der Waals surface area contributed by atoms with Gasteiger partial charge in [-0.1, -0.05) is 6.92 Å². The van der Waals surface area contributed by atoms with Crippen LogP contribution in [0.25, 0.3) is 5.95 Å². The Bertz CT molecular complexity index is 685. The van der Waals surface area contributed by atoms with Crippen LogP contribution in [0, 0.1) is 0 Å². The Morgan fingerprint density at radius 3 is 2.67 bits per heavy atom. The Balaban J connectivity index is 2.14. The van der Waals surface area contributed by atoms with Crippen molar-refractivity contribution in [2.45, 2.75) is 6.92 Å². The number of aromatic nitrogens is 5. The fourth-order valence-corrected chi connectivity index (χ4v) is 2.16. The lowest BCUT2D eigenvalue weighted by atomic mass is 10.7. The molecule has 2 heterocycles. The molecule has 11 heteroatoms. The first kappa shape index (κ1) is 15.1. The maximum absolute atomic E-state index is 11.4. The van der Waals surface area contributed by atoms with Crippen molar-refractivity contribution in [3.63, 3.8) is 0 Å². The van der Waals surface area contributed by atoms with Crippen molar-refractivity contribution in [1.29, 1.82) is 0 Å². The lowest BCUT2D eigenvalue weighted by Gasteiger charge is -2.08. The summed E-state index contributed by atoms with van der Waals surface area (Å²) in [6.07, 6.45) is 3.25. The smallest absolute Gasteiger partial charge is 0.257 e. The molecule has 114 valence electrons. The monoisotopic (exact) mass is 312 g/mol. The van der Waals surface area contributed by atoms with Crippen LogP contribution in [-0.4, -0.2) is 51.2 Å². The highest BCUT2D eigenvalue weighted by Gasteiger charge is 2.10. The third-order valence-electron chi connectivity index (χ3n) is 2.60. The van der Waals surface area contributed by atoms with E-state index in [1.165, 1.54) is 4.68 Å². The van der Waals surface area contributed by atoms with Crippen LogP contribution in [0.15, 0.2) is 18.5 Å². The Hall–Kier alpha value is -2.27. The molecule has 0 amide bonds. The van der Waals surface area contributed by atoms with Gasteiger partial charge in [0, 0.05) is 24.7 Å². The highest BCUT2D eigenvalue weighted by atomic mass is 32.2. The molecule has 2 aromatic heterocycles. The average Bonchev–Trinajstić information content (AvgIpc) is 3.01. The van der Waals surface area contributed by atoms with E-state index in [0.717, 1.165) is 0 Å². The fourth-order valence-electron chi connectivity index (χ4n) is 1.46. The van der Waals surface area contributed by atoms with Gasteiger partial charge in [0.25, 0.3) is 5.95 Å². The van der Waals surface area contributed by atoms with Gasteiger partial charge in [0.1, 0.15) is 0 Å². The van der Waals surface area contributed by atoms with Crippen molar-refractivity contribution in [2.24, 2.45) is 5.84 Å². The maximum Gasteiger partial charge on any atom is 0.257 e. The van der Waals surface area contributed by atoms with Gasteiger partial charge in [-0.2, -0.15) is 20.1 Å². The number of nitrogen functional groups attached to an aromatic ring is 1. The molecule has 0 bridgehead atoms. The summed E-state index contributed by atoms with van der Waals surface area (Å²) in [7, 11) is -3.05. The molecule has 0 atom stereocenters. The van der Waals surface area contributed by atoms with Gasteiger partial charge in [0.05, 0.1) is 5.75 Å². The molecule has 2 rings (SSSR count). The van der Waals surface area contributed by atoms with Crippen LogP contribution in [0.3, 0.4) is 0 Å². The van der Waals surface area contributed by atoms with Crippen LogP contribution < -0.4 is 16.6 Å². The van der Waals surface area contributed by atoms with Crippen molar-refractivity contribution in [3.8, 4) is 5.95 Å². The maximum atomic E-state index is 11.4. The minimum atomic E-state index is -3.05. The van der Waals surface area contributed by atoms with Gasteiger partial charge in [0.2, 0.25) is 11.9 Å². The van der Waals surface area contributed by atoms with Crippen molar-refractivity contribution >= 4 is 21.7 Å². The number of hydrogen-bond donors (Lipinski definition) is 3. The van der Waals surface area contributed by atoms with E-state index in [4.69, 9.17) is 5.84 Å². The molecule has 10 nitrogen and oxygen atoms in total. The summed E-state index contributed by atoms with van der Waals surface area (Å²) >= 11 is 0. The van der Waals surface area contributed by atoms with Crippen LogP contribution in [-0.2, 0) is 9.84 Å². The first-order chi connectivity index (χ1) is 10.0. The van der Waals surface area contributed by atoms with Crippen molar-refractivity contribution in [2.75, 3.05) is 28.8 Å². The van der Waals surface area contributed by atoms with E-state index in [1.54, 1.807) is 25.4 Å². The van der Waals surface area contributed by atoms with E-state index in [0.29, 0.717) is 0 Å². The predicted octanol–water partition coefficient (Wildman–Crippen LogP) is -0.810. The topological polar surface area (TPSA) is 141 Å². The molecule has 0 unspecified atom stereocenters. The number of rotatable bonds is 7. The number of sulfone groups is 1. The lowest BCUT2D eigenvalue weighted by molar-refractivity contribution is 0.597. The molecule has 21 heavy (non-hydrogen) atoms. The molecular formula is C10H16N8O2S. The van der Waals surface area contributed by atoms with Gasteiger partial charge < -0.3 is 5.32 Å². The van der Waals surface area contributed by atoms with Crippen LogP contribution >= 0.6 is 0 Å². The third-order valence-corrected chi connectivity index (χ3v) is 4.30. The summed E-state index contributed by atoms with van der Waals surface area (Å²) < 4.78 is 24.3. The van der Waals surface area contributed by atoms with Gasteiger partial charge in [0.15, 0.2) is 9.84 Å². The molecule has 4 N–H and O–H groups in total. The van der Waals surface area contributed by atoms with Gasteiger partial charge in [-0.3, -0.25) is 5.43 Å². The van der Waals surface area contributed by atoms with E-state index in [1.807, 2.05) is 0 Å². The zero-order valence-electron chi connectivity index (χ0n) is 11.4. The molecule has 0 fully saturated rings. The standard InChI is InChI=1S/C10H16N8O2S/c1-2-21(19,20)7-5-12-8-14-9(17-11)16-10(15-8)18-6-3-4-13-18/h3-4,6H,2,5,7,11H2,1H3,(H2,12,14,15,16,17). The zero-order chi connectivity index (χ0) is 15.3. The number of anilines is 2. The zero-order valence-corrected chi connectivity index (χ0v) is 12.2. The van der Waals surface area contributed by atoms with Gasteiger partial charge in [-0.05, 0) is 6.07 Å². The summed E-state index contributed by atoms with van der Waals surface area (Å²) in [6.45, 7) is 1.80. The second-order valence-corrected chi connectivity index (χ2v) is 6.51. The molecule has 0 aliphatic rings. The van der Waals surface area contributed by atoms with Gasteiger partial charge >= 0.3 is 0 Å². The summed E-state index contributed by atoms with van der Waals surface area (Å²) in [5, 5.41) is 6.84. The summed E-state index contributed by atoms with van der Waals surface area (Å²) in [6, 6.07) is 1.72. The van der Waals surface area contributed by atoms with Crippen molar-refractivity contribution < 1.29 is 8.42 Å². The summed E-state index contributed by atoms with van der Waals surface area (Å²) in [4.78, 5) is 12.2. The first-order valence-corrected chi connectivity index (χ1v) is 8.03.